The molecule has 0 aliphatic carbocycles. The van der Waals surface area contributed by atoms with E-state index in [4.69, 9.17) is 16.0 Å². The van der Waals surface area contributed by atoms with Gasteiger partial charge in [-0.15, -0.1) is 0 Å². The number of aryl methyl sites for hydroxylation is 1. The van der Waals surface area contributed by atoms with Crippen LogP contribution in [0.2, 0.25) is 5.02 Å². The summed E-state index contributed by atoms with van der Waals surface area (Å²) in [6, 6.07) is 9.55. The smallest absolute Gasteiger partial charge is 0.244 e. The summed E-state index contributed by atoms with van der Waals surface area (Å²) in [5.74, 6) is 0.503. The highest BCUT2D eigenvalue weighted by Gasteiger charge is 2.33. The van der Waals surface area contributed by atoms with E-state index in [-0.39, 0.29) is 17.3 Å². The van der Waals surface area contributed by atoms with E-state index >= 15 is 0 Å². The van der Waals surface area contributed by atoms with Crippen LogP contribution >= 0.6 is 11.6 Å². The van der Waals surface area contributed by atoms with Crippen LogP contribution in [0.15, 0.2) is 50.8 Å². The van der Waals surface area contributed by atoms with E-state index in [1.165, 1.54) is 34.8 Å². The Kier molecular flexibility index (Phi) is 5.98. The van der Waals surface area contributed by atoms with Gasteiger partial charge in [-0.05, 0) is 56.2 Å². The molecule has 1 aromatic heterocycles. The van der Waals surface area contributed by atoms with Crippen molar-refractivity contribution < 1.29 is 17.6 Å². The zero-order valence-electron chi connectivity index (χ0n) is 14.8. The summed E-state index contributed by atoms with van der Waals surface area (Å²) >= 11 is 5.82. The first-order valence-corrected chi connectivity index (χ1v) is 10.3. The van der Waals surface area contributed by atoms with Gasteiger partial charge in [-0.25, -0.2) is 13.8 Å². The van der Waals surface area contributed by atoms with E-state index in [0.717, 1.165) is 5.76 Å². The molecule has 0 unspecified atom stereocenters. The normalized spacial score (nSPS) is 18.7. The molecule has 0 bridgehead atoms. The van der Waals surface area contributed by atoms with Crippen molar-refractivity contribution in [3.63, 3.8) is 0 Å². The van der Waals surface area contributed by atoms with Crippen LogP contribution in [0.4, 0.5) is 0 Å². The van der Waals surface area contributed by atoms with Crippen LogP contribution in [0, 0.1) is 12.8 Å². The number of benzene rings is 1. The fourth-order valence-electron chi connectivity index (χ4n) is 2.90. The van der Waals surface area contributed by atoms with Crippen LogP contribution in [0.3, 0.4) is 0 Å². The first kappa shape index (κ1) is 19.6. The van der Waals surface area contributed by atoms with Gasteiger partial charge in [0.2, 0.25) is 15.9 Å². The summed E-state index contributed by atoms with van der Waals surface area (Å²) in [6.07, 6.45) is 2.62. The van der Waals surface area contributed by atoms with Crippen molar-refractivity contribution in [2.24, 2.45) is 11.0 Å². The molecule has 1 aliphatic heterocycles. The molecule has 1 saturated heterocycles. The lowest BCUT2D eigenvalue weighted by Gasteiger charge is -2.30. The number of carbonyl (C=O) groups is 1. The molecule has 1 fully saturated rings. The molecule has 0 spiro atoms. The van der Waals surface area contributed by atoms with E-state index < -0.39 is 15.9 Å². The number of nitrogens with one attached hydrogen (secondary N) is 1. The molecule has 1 aliphatic rings. The van der Waals surface area contributed by atoms with Crippen LogP contribution in [0.1, 0.15) is 24.4 Å². The topological polar surface area (TPSA) is 92.0 Å². The van der Waals surface area contributed by atoms with Crippen LogP contribution in [-0.2, 0) is 14.8 Å². The van der Waals surface area contributed by atoms with Crippen molar-refractivity contribution in [1.29, 1.82) is 0 Å². The maximum Gasteiger partial charge on any atom is 0.244 e. The molecular formula is C18H20ClN3O4S. The summed E-state index contributed by atoms with van der Waals surface area (Å²) in [7, 11) is -3.66. The van der Waals surface area contributed by atoms with Crippen molar-refractivity contribution in [3.8, 4) is 0 Å². The van der Waals surface area contributed by atoms with E-state index in [2.05, 4.69) is 10.5 Å². The number of furan rings is 1. The van der Waals surface area contributed by atoms with Crippen molar-refractivity contribution in [1.82, 2.24) is 9.73 Å². The minimum absolute atomic E-state index is 0.117. The fraction of sp³-hybridized carbons (Fsp3) is 0.333. The molecule has 1 atom stereocenters. The lowest BCUT2D eigenvalue weighted by molar-refractivity contribution is -0.126. The average Bonchev–Trinajstić information content (AvgIpc) is 3.07. The van der Waals surface area contributed by atoms with Gasteiger partial charge in [0, 0.05) is 18.1 Å². The third-order valence-corrected chi connectivity index (χ3v) is 6.47. The van der Waals surface area contributed by atoms with Crippen LogP contribution in [0.5, 0.6) is 0 Å². The zero-order valence-corrected chi connectivity index (χ0v) is 16.3. The first-order valence-electron chi connectivity index (χ1n) is 8.51. The quantitative estimate of drug-likeness (QED) is 0.607. The minimum Gasteiger partial charge on any atom is -0.460 e. The maximum atomic E-state index is 12.8. The van der Waals surface area contributed by atoms with Gasteiger partial charge in [0.25, 0.3) is 0 Å². The third-order valence-electron chi connectivity index (χ3n) is 4.33. The molecule has 9 heteroatoms. The number of carbonyl (C=O) groups excluding carboxylic acids is 1. The molecule has 0 saturated carbocycles. The Labute approximate surface area is 163 Å². The molecule has 1 amide bonds. The molecule has 1 N–H and O–H groups in total. The fourth-order valence-corrected chi connectivity index (χ4v) is 4.55. The van der Waals surface area contributed by atoms with E-state index in [0.29, 0.717) is 30.2 Å². The Bertz CT molecular complexity index is 938. The van der Waals surface area contributed by atoms with Gasteiger partial charge in [-0.1, -0.05) is 11.6 Å². The van der Waals surface area contributed by atoms with Gasteiger partial charge in [0.15, 0.2) is 0 Å². The standard InChI is InChI=1S/C18H20ClN3O4S/c1-13-4-7-16(26-13)11-20-21-18(23)14-3-2-10-22(12-14)27(24,25)17-8-5-15(19)6-9-17/h4-9,11,14H,2-3,10,12H2,1H3,(H,21,23)/b20-11-/t14-/m1/s1. The van der Waals surface area contributed by atoms with Gasteiger partial charge in [0.05, 0.1) is 17.0 Å². The number of hydrogen-bond donors (Lipinski definition) is 1. The van der Waals surface area contributed by atoms with Crippen molar-refractivity contribution in [2.75, 3.05) is 13.1 Å². The molecule has 2 heterocycles. The Hall–Kier alpha value is -2.16. The van der Waals surface area contributed by atoms with Gasteiger partial charge in [0.1, 0.15) is 11.5 Å². The second-order valence-corrected chi connectivity index (χ2v) is 8.71. The Balaban J connectivity index is 1.63. The van der Waals surface area contributed by atoms with Crippen LogP contribution < -0.4 is 5.43 Å². The molecule has 2 aromatic rings. The number of hydrazone groups is 1. The van der Waals surface area contributed by atoms with Gasteiger partial charge < -0.3 is 4.42 Å². The number of piperidine rings is 1. The van der Waals surface area contributed by atoms with Crippen LogP contribution in [0.25, 0.3) is 0 Å². The van der Waals surface area contributed by atoms with Crippen LogP contribution in [-0.4, -0.2) is 37.9 Å². The second-order valence-electron chi connectivity index (χ2n) is 6.34. The predicted molar refractivity (Wildman–Crippen MR) is 102 cm³/mol. The third kappa shape index (κ3) is 4.77. The Morgan fingerprint density at radius 3 is 2.70 bits per heavy atom. The predicted octanol–water partition coefficient (Wildman–Crippen LogP) is 2.79. The maximum absolute atomic E-state index is 12.8. The lowest BCUT2D eigenvalue weighted by atomic mass is 9.99. The number of halogens is 1. The summed E-state index contributed by atoms with van der Waals surface area (Å²) in [6.45, 7) is 2.31. The molecule has 144 valence electrons. The zero-order chi connectivity index (χ0) is 19.4. The number of rotatable bonds is 5. The molecular weight excluding hydrogens is 390 g/mol. The molecule has 3 rings (SSSR count). The highest BCUT2D eigenvalue weighted by molar-refractivity contribution is 7.89. The van der Waals surface area contributed by atoms with E-state index in [1.807, 2.05) is 6.92 Å². The average molecular weight is 410 g/mol. The van der Waals surface area contributed by atoms with Gasteiger partial charge in [-0.3, -0.25) is 4.79 Å². The summed E-state index contributed by atoms with van der Waals surface area (Å²) in [4.78, 5) is 12.5. The van der Waals surface area contributed by atoms with E-state index in [9.17, 15) is 13.2 Å². The van der Waals surface area contributed by atoms with E-state index in [1.54, 1.807) is 12.1 Å². The van der Waals surface area contributed by atoms with Crippen molar-refractivity contribution in [3.05, 3.63) is 52.9 Å². The summed E-state index contributed by atoms with van der Waals surface area (Å²) in [5.41, 5.74) is 2.46. The Morgan fingerprint density at radius 1 is 1.30 bits per heavy atom. The van der Waals surface area contributed by atoms with Crippen molar-refractivity contribution >= 4 is 33.7 Å². The van der Waals surface area contributed by atoms with Crippen molar-refractivity contribution in [2.45, 2.75) is 24.7 Å². The number of nitrogens with zero attached hydrogens (tertiary/aromatic N) is 2. The highest BCUT2D eigenvalue weighted by atomic mass is 35.5. The summed E-state index contributed by atoms with van der Waals surface area (Å²) in [5, 5.41) is 4.35. The van der Waals surface area contributed by atoms with Gasteiger partial charge in [-0.2, -0.15) is 9.41 Å². The molecule has 7 nitrogen and oxygen atoms in total. The number of hydrogen-bond acceptors (Lipinski definition) is 5. The monoisotopic (exact) mass is 409 g/mol. The largest absolute Gasteiger partial charge is 0.460 e. The number of sulfonamides is 1. The molecule has 27 heavy (non-hydrogen) atoms. The Morgan fingerprint density at radius 2 is 2.04 bits per heavy atom. The second kappa shape index (κ2) is 8.24. The van der Waals surface area contributed by atoms with Gasteiger partial charge >= 0.3 is 0 Å². The molecule has 0 radical (unpaired) electrons. The number of amides is 1. The highest BCUT2D eigenvalue weighted by Crippen LogP contribution is 2.24. The first-order chi connectivity index (χ1) is 12.9. The minimum atomic E-state index is -3.66. The summed E-state index contributed by atoms with van der Waals surface area (Å²) < 4.78 is 32.2. The molecule has 1 aromatic carbocycles. The lowest BCUT2D eigenvalue weighted by Crippen LogP contribution is -2.44. The SMILES string of the molecule is Cc1ccc(/C=N\NC(=O)[C@@H]2CCCN(S(=O)(=O)c3ccc(Cl)cc3)C2)o1.